The van der Waals surface area contributed by atoms with E-state index in [1.807, 2.05) is 41.9 Å². The van der Waals surface area contributed by atoms with E-state index in [-0.39, 0.29) is 18.3 Å². The van der Waals surface area contributed by atoms with Crippen molar-refractivity contribution in [2.24, 2.45) is 0 Å². The van der Waals surface area contributed by atoms with Gasteiger partial charge in [0.15, 0.2) is 5.13 Å². The van der Waals surface area contributed by atoms with E-state index in [1.165, 1.54) is 11.3 Å². The molecule has 3 heterocycles. The van der Waals surface area contributed by atoms with Crippen LogP contribution in [0.25, 0.3) is 11.3 Å². The van der Waals surface area contributed by atoms with Crippen LogP contribution < -0.4 is 10.6 Å². The minimum absolute atomic E-state index is 0. The number of hydrogen-bond acceptors (Lipinski definition) is 5. The number of carbonyl (C=O) groups excluding carboxylic acids is 1. The lowest BCUT2D eigenvalue weighted by Crippen LogP contribution is -2.52. The SMILES string of the molecule is Cl.O=C(Nc1nc(-c2cccc(Cl)c2)cs1)C1(n2cccn2)CCNCC1. The third kappa shape index (κ3) is 4.01. The van der Waals surface area contributed by atoms with Gasteiger partial charge in [-0.3, -0.25) is 14.8 Å². The van der Waals surface area contributed by atoms with E-state index in [0.717, 1.165) is 24.3 Å². The first-order valence-electron chi connectivity index (χ1n) is 8.41. The summed E-state index contributed by atoms with van der Waals surface area (Å²) in [6.07, 6.45) is 4.93. The van der Waals surface area contributed by atoms with Crippen LogP contribution >= 0.6 is 35.3 Å². The molecule has 1 amide bonds. The maximum atomic E-state index is 13.1. The number of halogens is 2. The summed E-state index contributed by atoms with van der Waals surface area (Å²) in [6.45, 7) is 1.55. The molecule has 0 saturated carbocycles. The summed E-state index contributed by atoms with van der Waals surface area (Å²) in [4.78, 5) is 17.7. The highest BCUT2D eigenvalue weighted by Gasteiger charge is 2.42. The summed E-state index contributed by atoms with van der Waals surface area (Å²) in [5.41, 5.74) is 1.04. The minimum atomic E-state index is -0.684. The topological polar surface area (TPSA) is 71.8 Å². The quantitative estimate of drug-likeness (QED) is 0.669. The van der Waals surface area contributed by atoms with E-state index in [0.29, 0.717) is 23.0 Å². The lowest BCUT2D eigenvalue weighted by Gasteiger charge is -2.36. The molecular formula is C18H19Cl2N5OS. The van der Waals surface area contributed by atoms with Crippen LogP contribution in [0.3, 0.4) is 0 Å². The number of aromatic nitrogens is 3. The second-order valence-electron chi connectivity index (χ2n) is 6.23. The van der Waals surface area contributed by atoms with E-state index >= 15 is 0 Å². The first-order chi connectivity index (χ1) is 12.7. The van der Waals surface area contributed by atoms with E-state index in [4.69, 9.17) is 11.6 Å². The number of rotatable bonds is 4. The van der Waals surface area contributed by atoms with Crippen LogP contribution in [-0.4, -0.2) is 33.8 Å². The number of nitrogens with zero attached hydrogens (tertiary/aromatic N) is 3. The monoisotopic (exact) mass is 423 g/mol. The second-order valence-corrected chi connectivity index (χ2v) is 7.53. The molecule has 1 fully saturated rings. The van der Waals surface area contributed by atoms with Crippen molar-refractivity contribution in [1.82, 2.24) is 20.1 Å². The van der Waals surface area contributed by atoms with Gasteiger partial charge in [0.05, 0.1) is 5.69 Å². The van der Waals surface area contributed by atoms with Crippen LogP contribution in [-0.2, 0) is 10.3 Å². The van der Waals surface area contributed by atoms with Crippen molar-refractivity contribution in [3.8, 4) is 11.3 Å². The van der Waals surface area contributed by atoms with Gasteiger partial charge < -0.3 is 5.32 Å². The molecule has 3 aromatic rings. The van der Waals surface area contributed by atoms with Crippen LogP contribution in [0.1, 0.15) is 12.8 Å². The standard InChI is InChI=1S/C18H18ClN5OS.ClH/c19-14-4-1-3-13(11-14)15-12-26-17(22-15)23-16(25)18(5-8-20-9-6-18)24-10-2-7-21-24;/h1-4,7,10-12,20H,5-6,8-9H2,(H,22,23,25);1H. The van der Waals surface area contributed by atoms with Crippen LogP contribution in [0.4, 0.5) is 5.13 Å². The second kappa shape index (κ2) is 8.39. The fourth-order valence-electron chi connectivity index (χ4n) is 3.25. The van der Waals surface area contributed by atoms with Crippen molar-refractivity contribution in [2.75, 3.05) is 18.4 Å². The van der Waals surface area contributed by atoms with Crippen LogP contribution in [0, 0.1) is 0 Å². The molecule has 0 bridgehead atoms. The van der Waals surface area contributed by atoms with Gasteiger partial charge in [-0.2, -0.15) is 5.10 Å². The molecule has 142 valence electrons. The Balaban J connectivity index is 0.00000210. The van der Waals surface area contributed by atoms with Gasteiger partial charge >= 0.3 is 0 Å². The Morgan fingerprint density at radius 1 is 1.30 bits per heavy atom. The van der Waals surface area contributed by atoms with Crippen molar-refractivity contribution in [3.63, 3.8) is 0 Å². The number of carbonyl (C=O) groups is 1. The lowest BCUT2D eigenvalue weighted by atomic mass is 9.87. The van der Waals surface area contributed by atoms with Crippen molar-refractivity contribution >= 4 is 46.4 Å². The fraction of sp³-hybridized carbons (Fsp3) is 0.278. The Labute approximate surface area is 172 Å². The first-order valence-corrected chi connectivity index (χ1v) is 9.67. The van der Waals surface area contributed by atoms with Gasteiger partial charge in [-0.1, -0.05) is 23.7 Å². The number of nitrogens with one attached hydrogen (secondary N) is 2. The molecule has 27 heavy (non-hydrogen) atoms. The first kappa shape index (κ1) is 19.8. The summed E-state index contributed by atoms with van der Waals surface area (Å²) in [7, 11) is 0. The molecule has 6 nitrogen and oxygen atoms in total. The number of anilines is 1. The molecule has 1 aliphatic heterocycles. The number of benzene rings is 1. The Hall–Kier alpha value is -1.93. The summed E-state index contributed by atoms with van der Waals surface area (Å²) >= 11 is 7.46. The molecule has 1 aromatic carbocycles. The largest absolute Gasteiger partial charge is 0.317 e. The van der Waals surface area contributed by atoms with E-state index < -0.39 is 5.54 Å². The molecule has 0 spiro atoms. The number of hydrogen-bond donors (Lipinski definition) is 2. The van der Waals surface area contributed by atoms with Gasteiger partial charge in [-0.25, -0.2) is 4.98 Å². The minimum Gasteiger partial charge on any atom is -0.317 e. The highest BCUT2D eigenvalue weighted by Crippen LogP contribution is 2.31. The summed E-state index contributed by atoms with van der Waals surface area (Å²) in [5.74, 6) is -0.0744. The van der Waals surface area contributed by atoms with E-state index in [1.54, 1.807) is 10.9 Å². The summed E-state index contributed by atoms with van der Waals surface area (Å²) < 4.78 is 1.77. The Bertz CT molecular complexity index is 906. The average molecular weight is 424 g/mol. The van der Waals surface area contributed by atoms with Crippen LogP contribution in [0.2, 0.25) is 5.02 Å². The van der Waals surface area contributed by atoms with Crippen LogP contribution in [0.5, 0.6) is 0 Å². The predicted octanol–water partition coefficient (Wildman–Crippen LogP) is 3.80. The molecule has 0 aliphatic carbocycles. The Morgan fingerprint density at radius 3 is 2.81 bits per heavy atom. The lowest BCUT2D eigenvalue weighted by molar-refractivity contribution is -0.126. The fourth-order valence-corrected chi connectivity index (χ4v) is 4.15. The van der Waals surface area contributed by atoms with Gasteiger partial charge in [0, 0.05) is 28.4 Å². The zero-order valence-corrected chi connectivity index (χ0v) is 16.8. The van der Waals surface area contributed by atoms with Crippen molar-refractivity contribution in [1.29, 1.82) is 0 Å². The van der Waals surface area contributed by atoms with Gasteiger partial charge in [0.1, 0.15) is 5.54 Å². The summed E-state index contributed by atoms with van der Waals surface area (Å²) in [5, 5.41) is 13.8. The molecule has 0 radical (unpaired) electrons. The van der Waals surface area contributed by atoms with Gasteiger partial charge in [-0.05, 0) is 44.1 Å². The molecular weight excluding hydrogens is 405 g/mol. The zero-order chi connectivity index (χ0) is 18.0. The predicted molar refractivity (Wildman–Crippen MR) is 111 cm³/mol. The van der Waals surface area contributed by atoms with Crippen LogP contribution in [0.15, 0.2) is 48.1 Å². The summed E-state index contributed by atoms with van der Waals surface area (Å²) in [6, 6.07) is 9.37. The van der Waals surface area contributed by atoms with Crippen molar-refractivity contribution < 1.29 is 4.79 Å². The number of thiazole rings is 1. The molecule has 4 rings (SSSR count). The number of piperidine rings is 1. The third-order valence-electron chi connectivity index (χ3n) is 4.64. The molecule has 9 heteroatoms. The smallest absolute Gasteiger partial charge is 0.254 e. The maximum Gasteiger partial charge on any atom is 0.254 e. The molecule has 1 saturated heterocycles. The van der Waals surface area contributed by atoms with Gasteiger partial charge in [0.25, 0.3) is 5.91 Å². The highest BCUT2D eigenvalue weighted by molar-refractivity contribution is 7.14. The van der Waals surface area contributed by atoms with Gasteiger partial charge in [0.2, 0.25) is 0 Å². The molecule has 0 unspecified atom stereocenters. The van der Waals surface area contributed by atoms with Crippen molar-refractivity contribution in [2.45, 2.75) is 18.4 Å². The molecule has 2 aromatic heterocycles. The van der Waals surface area contributed by atoms with Gasteiger partial charge in [-0.15, -0.1) is 23.7 Å². The zero-order valence-electron chi connectivity index (χ0n) is 14.4. The van der Waals surface area contributed by atoms with Crippen molar-refractivity contribution in [3.05, 3.63) is 53.1 Å². The normalized spacial score (nSPS) is 15.7. The highest BCUT2D eigenvalue weighted by atomic mass is 35.5. The van der Waals surface area contributed by atoms with E-state index in [2.05, 4.69) is 20.7 Å². The Kier molecular flexibility index (Phi) is 6.16. The number of amides is 1. The molecule has 1 aliphatic rings. The average Bonchev–Trinajstić information content (AvgIpc) is 3.34. The van der Waals surface area contributed by atoms with E-state index in [9.17, 15) is 4.79 Å². The maximum absolute atomic E-state index is 13.1. The molecule has 2 N–H and O–H groups in total. The third-order valence-corrected chi connectivity index (χ3v) is 5.63. The Morgan fingerprint density at radius 2 is 2.11 bits per heavy atom. The molecule has 0 atom stereocenters.